The van der Waals surface area contributed by atoms with Crippen molar-refractivity contribution >= 4 is 16.7 Å². The summed E-state index contributed by atoms with van der Waals surface area (Å²) in [5.41, 5.74) is -0.0429. The van der Waals surface area contributed by atoms with Crippen LogP contribution < -0.4 is 0 Å². The first-order valence-electron chi connectivity index (χ1n) is 4.67. The molecule has 0 unspecified atom stereocenters. The maximum atomic E-state index is 11.3. The van der Waals surface area contributed by atoms with Gasteiger partial charge in [0, 0.05) is 5.39 Å². The van der Waals surface area contributed by atoms with Crippen LogP contribution in [0.2, 0.25) is 0 Å². The molecule has 0 aliphatic heterocycles. The van der Waals surface area contributed by atoms with Crippen molar-refractivity contribution in [3.05, 3.63) is 35.9 Å². The Morgan fingerprint density at radius 2 is 1.88 bits per heavy atom. The smallest absolute Gasteiger partial charge is 0.341 e. The largest absolute Gasteiger partial charge is 0.504 e. The Kier molecular flexibility index (Phi) is 2.40. The summed E-state index contributed by atoms with van der Waals surface area (Å²) in [5.74, 6) is -1.44. The second-order valence-electron chi connectivity index (χ2n) is 3.33. The first-order chi connectivity index (χ1) is 7.65. The quantitative estimate of drug-likeness (QED) is 0.567. The van der Waals surface area contributed by atoms with Crippen molar-refractivity contribution in [2.45, 2.75) is 0 Å². The number of esters is 1. The molecule has 0 aliphatic rings. The Morgan fingerprint density at radius 1 is 1.19 bits per heavy atom. The van der Waals surface area contributed by atoms with Gasteiger partial charge in [-0.25, -0.2) is 4.79 Å². The van der Waals surface area contributed by atoms with Gasteiger partial charge in [-0.1, -0.05) is 24.3 Å². The Hall–Kier alpha value is -2.23. The zero-order chi connectivity index (χ0) is 11.7. The van der Waals surface area contributed by atoms with Crippen molar-refractivity contribution in [1.29, 1.82) is 0 Å². The van der Waals surface area contributed by atoms with Crippen LogP contribution in [0.25, 0.3) is 10.8 Å². The highest BCUT2D eigenvalue weighted by molar-refractivity contribution is 6.01. The second kappa shape index (κ2) is 3.73. The Morgan fingerprint density at radius 3 is 2.56 bits per heavy atom. The third-order valence-corrected chi connectivity index (χ3v) is 2.40. The lowest BCUT2D eigenvalue weighted by atomic mass is 10.0. The average molecular weight is 218 g/mol. The van der Waals surface area contributed by atoms with E-state index in [1.807, 2.05) is 0 Å². The minimum Gasteiger partial charge on any atom is -0.504 e. The summed E-state index contributed by atoms with van der Waals surface area (Å²) in [6.07, 6.45) is 0. The first kappa shape index (κ1) is 10.3. The molecule has 0 radical (unpaired) electrons. The van der Waals surface area contributed by atoms with E-state index in [1.54, 1.807) is 24.3 Å². The number of methoxy groups -OCH3 is 1. The molecule has 0 aliphatic carbocycles. The molecule has 0 bridgehead atoms. The zero-order valence-electron chi connectivity index (χ0n) is 8.60. The molecule has 82 valence electrons. The lowest BCUT2D eigenvalue weighted by Gasteiger charge is -2.07. The SMILES string of the molecule is COC(=O)c1cc2ccccc2c(O)c1O. The van der Waals surface area contributed by atoms with E-state index < -0.39 is 11.7 Å². The third-order valence-electron chi connectivity index (χ3n) is 2.40. The van der Waals surface area contributed by atoms with E-state index in [1.165, 1.54) is 13.2 Å². The van der Waals surface area contributed by atoms with Crippen molar-refractivity contribution in [1.82, 2.24) is 0 Å². The fraction of sp³-hybridized carbons (Fsp3) is 0.0833. The van der Waals surface area contributed by atoms with Crippen molar-refractivity contribution in [2.75, 3.05) is 7.11 Å². The van der Waals surface area contributed by atoms with Gasteiger partial charge in [0.2, 0.25) is 0 Å². The number of rotatable bonds is 1. The number of carbonyl (C=O) groups is 1. The van der Waals surface area contributed by atoms with E-state index in [2.05, 4.69) is 4.74 Å². The van der Waals surface area contributed by atoms with Gasteiger partial charge < -0.3 is 14.9 Å². The van der Waals surface area contributed by atoms with Gasteiger partial charge in [0.05, 0.1) is 7.11 Å². The lowest BCUT2D eigenvalue weighted by Crippen LogP contribution is -2.01. The van der Waals surface area contributed by atoms with E-state index >= 15 is 0 Å². The summed E-state index contributed by atoms with van der Waals surface area (Å²) in [5, 5.41) is 20.5. The fourth-order valence-corrected chi connectivity index (χ4v) is 1.58. The Bertz CT molecular complexity index is 560. The van der Waals surface area contributed by atoms with Gasteiger partial charge in [-0.05, 0) is 11.5 Å². The topological polar surface area (TPSA) is 66.8 Å². The van der Waals surface area contributed by atoms with Crippen LogP contribution in [0.3, 0.4) is 0 Å². The van der Waals surface area contributed by atoms with E-state index in [0.717, 1.165) is 0 Å². The number of hydrogen-bond donors (Lipinski definition) is 2. The summed E-state index contributed by atoms with van der Waals surface area (Å²) in [7, 11) is 1.22. The number of phenols is 2. The number of benzene rings is 2. The van der Waals surface area contributed by atoms with E-state index in [0.29, 0.717) is 10.8 Å². The van der Waals surface area contributed by atoms with Gasteiger partial charge >= 0.3 is 5.97 Å². The number of ether oxygens (including phenoxy) is 1. The number of hydrogen-bond acceptors (Lipinski definition) is 4. The molecule has 0 aromatic heterocycles. The van der Waals surface area contributed by atoms with E-state index in [-0.39, 0.29) is 11.3 Å². The molecule has 0 spiro atoms. The van der Waals surface area contributed by atoms with Gasteiger partial charge in [0.25, 0.3) is 0 Å². The molecule has 2 aromatic rings. The highest BCUT2D eigenvalue weighted by Gasteiger charge is 2.17. The maximum absolute atomic E-state index is 11.3. The van der Waals surface area contributed by atoms with Gasteiger partial charge in [-0.3, -0.25) is 0 Å². The predicted octanol–water partition coefficient (Wildman–Crippen LogP) is 2.04. The molecule has 0 heterocycles. The second-order valence-corrected chi connectivity index (χ2v) is 3.33. The van der Waals surface area contributed by atoms with Crippen molar-refractivity contribution in [3.63, 3.8) is 0 Å². The molecule has 16 heavy (non-hydrogen) atoms. The molecule has 0 atom stereocenters. The summed E-state index contributed by atoms with van der Waals surface area (Å²) >= 11 is 0. The lowest BCUT2D eigenvalue weighted by molar-refractivity contribution is 0.0597. The molecule has 0 amide bonds. The summed E-state index contributed by atoms with van der Waals surface area (Å²) in [6, 6.07) is 8.39. The van der Waals surface area contributed by atoms with Crippen molar-refractivity contribution in [2.24, 2.45) is 0 Å². The molecule has 0 saturated heterocycles. The summed E-state index contributed by atoms with van der Waals surface area (Å²) < 4.78 is 4.51. The summed E-state index contributed by atoms with van der Waals surface area (Å²) in [6.45, 7) is 0. The minimum atomic E-state index is -0.682. The highest BCUT2D eigenvalue weighted by atomic mass is 16.5. The number of aromatic hydroxyl groups is 2. The van der Waals surface area contributed by atoms with Gasteiger partial charge in [0.15, 0.2) is 11.5 Å². The molecule has 4 nitrogen and oxygen atoms in total. The molecule has 2 N–H and O–H groups in total. The third kappa shape index (κ3) is 1.44. The average Bonchev–Trinajstić information content (AvgIpc) is 2.33. The molecule has 0 fully saturated rings. The van der Waals surface area contributed by atoms with Crippen LogP contribution in [0, 0.1) is 0 Å². The predicted molar refractivity (Wildman–Crippen MR) is 58.6 cm³/mol. The van der Waals surface area contributed by atoms with Crippen LogP contribution in [0.15, 0.2) is 30.3 Å². The molecular formula is C12H10O4. The Labute approximate surface area is 91.7 Å². The van der Waals surface area contributed by atoms with Gasteiger partial charge in [-0.15, -0.1) is 0 Å². The van der Waals surface area contributed by atoms with Gasteiger partial charge in [-0.2, -0.15) is 0 Å². The number of fused-ring (bicyclic) bond motifs is 1. The van der Waals surface area contributed by atoms with Crippen LogP contribution >= 0.6 is 0 Å². The van der Waals surface area contributed by atoms with E-state index in [4.69, 9.17) is 0 Å². The maximum Gasteiger partial charge on any atom is 0.341 e. The van der Waals surface area contributed by atoms with Crippen molar-refractivity contribution < 1.29 is 19.7 Å². The number of phenolic OH excluding ortho intramolecular Hbond substituents is 2. The molecule has 2 rings (SSSR count). The molecule has 2 aromatic carbocycles. The normalized spacial score (nSPS) is 10.3. The number of carbonyl (C=O) groups excluding carboxylic acids is 1. The van der Waals surface area contributed by atoms with Crippen LogP contribution in [0.4, 0.5) is 0 Å². The molecule has 0 saturated carbocycles. The van der Waals surface area contributed by atoms with Crippen LogP contribution in [0.5, 0.6) is 11.5 Å². The fourth-order valence-electron chi connectivity index (χ4n) is 1.58. The highest BCUT2D eigenvalue weighted by Crippen LogP contribution is 2.37. The monoisotopic (exact) mass is 218 g/mol. The van der Waals surface area contributed by atoms with E-state index in [9.17, 15) is 15.0 Å². The standard InChI is InChI=1S/C12H10O4/c1-16-12(15)9-6-7-4-2-3-5-8(7)10(13)11(9)14/h2-6,13-14H,1H3. The van der Waals surface area contributed by atoms with Gasteiger partial charge in [0.1, 0.15) is 5.56 Å². The minimum absolute atomic E-state index is 0.0429. The molecule has 4 heteroatoms. The first-order valence-corrected chi connectivity index (χ1v) is 4.67. The van der Waals surface area contributed by atoms with Crippen LogP contribution in [0.1, 0.15) is 10.4 Å². The summed E-state index contributed by atoms with van der Waals surface area (Å²) in [4.78, 5) is 11.3. The van der Waals surface area contributed by atoms with Crippen LogP contribution in [-0.4, -0.2) is 23.3 Å². The van der Waals surface area contributed by atoms with Crippen LogP contribution in [-0.2, 0) is 4.74 Å². The zero-order valence-corrected chi connectivity index (χ0v) is 8.60. The molecular weight excluding hydrogens is 208 g/mol. The Balaban J connectivity index is 2.78. The van der Waals surface area contributed by atoms with Crippen molar-refractivity contribution in [3.8, 4) is 11.5 Å².